The molecule has 1 aromatic carbocycles. The standard InChI is InChI=1S/C13H12F3N3/c14-13(15,16)8-4-6-9(7-5-8)19-12(17)10-2-1-3-11(10)18-19/h4-7H,1-3,17H2. The van der Waals surface area contributed by atoms with Crippen molar-refractivity contribution in [1.29, 1.82) is 0 Å². The molecule has 1 heterocycles. The van der Waals surface area contributed by atoms with Crippen LogP contribution in [0.3, 0.4) is 0 Å². The average molecular weight is 267 g/mol. The summed E-state index contributed by atoms with van der Waals surface area (Å²) in [6.07, 6.45) is -1.51. The molecule has 3 rings (SSSR count). The molecule has 0 radical (unpaired) electrons. The van der Waals surface area contributed by atoms with Crippen molar-refractivity contribution in [1.82, 2.24) is 9.78 Å². The molecule has 0 spiro atoms. The first-order valence-corrected chi connectivity index (χ1v) is 6.00. The molecule has 19 heavy (non-hydrogen) atoms. The van der Waals surface area contributed by atoms with E-state index < -0.39 is 11.7 Å². The summed E-state index contributed by atoms with van der Waals surface area (Å²) < 4.78 is 39.0. The third-order valence-electron chi connectivity index (χ3n) is 3.39. The van der Waals surface area contributed by atoms with Crippen LogP contribution in [0.25, 0.3) is 5.69 Å². The topological polar surface area (TPSA) is 43.8 Å². The number of nitrogens with two attached hydrogens (primary N) is 1. The Morgan fingerprint density at radius 3 is 2.37 bits per heavy atom. The summed E-state index contributed by atoms with van der Waals surface area (Å²) in [4.78, 5) is 0. The molecular weight excluding hydrogens is 255 g/mol. The van der Waals surface area contributed by atoms with Crippen LogP contribution in [-0.2, 0) is 19.0 Å². The second-order valence-corrected chi connectivity index (χ2v) is 4.62. The lowest BCUT2D eigenvalue weighted by Crippen LogP contribution is -2.07. The van der Waals surface area contributed by atoms with Crippen molar-refractivity contribution in [3.8, 4) is 5.69 Å². The number of alkyl halides is 3. The zero-order chi connectivity index (χ0) is 13.6. The van der Waals surface area contributed by atoms with Crippen molar-refractivity contribution in [2.24, 2.45) is 0 Å². The first kappa shape index (κ1) is 12.1. The van der Waals surface area contributed by atoms with Crippen LogP contribution in [0.4, 0.5) is 19.0 Å². The zero-order valence-corrected chi connectivity index (χ0v) is 10.0. The van der Waals surface area contributed by atoms with Crippen LogP contribution in [0.15, 0.2) is 24.3 Å². The molecule has 100 valence electrons. The number of fused-ring (bicyclic) bond motifs is 1. The number of nitrogen functional groups attached to an aromatic ring is 1. The van der Waals surface area contributed by atoms with Crippen LogP contribution in [-0.4, -0.2) is 9.78 Å². The van der Waals surface area contributed by atoms with Gasteiger partial charge in [0.15, 0.2) is 0 Å². The zero-order valence-electron chi connectivity index (χ0n) is 10.0. The molecule has 2 N–H and O–H groups in total. The van der Waals surface area contributed by atoms with Gasteiger partial charge in [0.1, 0.15) is 5.82 Å². The Morgan fingerprint density at radius 2 is 1.79 bits per heavy atom. The molecule has 2 aromatic rings. The number of halogens is 3. The number of anilines is 1. The summed E-state index contributed by atoms with van der Waals surface area (Å²) in [5.74, 6) is 0.534. The Hall–Kier alpha value is -1.98. The summed E-state index contributed by atoms with van der Waals surface area (Å²) in [7, 11) is 0. The molecule has 1 aliphatic rings. The van der Waals surface area contributed by atoms with Crippen LogP contribution < -0.4 is 5.73 Å². The number of nitrogens with zero attached hydrogens (tertiary/aromatic N) is 2. The summed E-state index contributed by atoms with van der Waals surface area (Å²) in [6, 6.07) is 4.87. The fraction of sp³-hybridized carbons (Fsp3) is 0.308. The van der Waals surface area contributed by atoms with E-state index >= 15 is 0 Å². The molecule has 0 fully saturated rings. The average Bonchev–Trinajstić information content (AvgIpc) is 2.92. The van der Waals surface area contributed by atoms with Gasteiger partial charge in [0.05, 0.1) is 16.9 Å². The highest BCUT2D eigenvalue weighted by Crippen LogP contribution is 2.31. The molecule has 0 unspecified atom stereocenters. The van der Waals surface area contributed by atoms with Gasteiger partial charge in [-0.25, -0.2) is 4.68 Å². The van der Waals surface area contributed by atoms with Crippen LogP contribution in [0.5, 0.6) is 0 Å². The Morgan fingerprint density at radius 1 is 1.11 bits per heavy atom. The normalized spacial score (nSPS) is 14.7. The number of benzene rings is 1. The molecule has 0 aliphatic heterocycles. The predicted molar refractivity (Wildman–Crippen MR) is 65.0 cm³/mol. The minimum atomic E-state index is -4.32. The van der Waals surface area contributed by atoms with Crippen molar-refractivity contribution in [3.05, 3.63) is 41.1 Å². The van der Waals surface area contributed by atoms with Crippen LogP contribution in [0.2, 0.25) is 0 Å². The summed E-state index contributed by atoms with van der Waals surface area (Å²) in [5, 5.41) is 4.36. The molecule has 0 bridgehead atoms. The van der Waals surface area contributed by atoms with Gasteiger partial charge in [0.2, 0.25) is 0 Å². The van der Waals surface area contributed by atoms with E-state index in [9.17, 15) is 13.2 Å². The molecule has 0 amide bonds. The highest BCUT2D eigenvalue weighted by molar-refractivity contribution is 5.52. The van der Waals surface area contributed by atoms with Crippen molar-refractivity contribution in [2.75, 3.05) is 5.73 Å². The van der Waals surface area contributed by atoms with E-state index in [-0.39, 0.29) is 0 Å². The second kappa shape index (κ2) is 4.01. The van der Waals surface area contributed by atoms with Crippen LogP contribution in [0.1, 0.15) is 23.2 Å². The van der Waals surface area contributed by atoms with Crippen LogP contribution in [0, 0.1) is 0 Å². The van der Waals surface area contributed by atoms with Crippen LogP contribution >= 0.6 is 0 Å². The predicted octanol–water partition coefficient (Wildman–Crippen LogP) is 2.96. The first-order valence-electron chi connectivity index (χ1n) is 6.00. The van der Waals surface area contributed by atoms with Gasteiger partial charge in [-0.05, 0) is 43.5 Å². The lowest BCUT2D eigenvalue weighted by atomic mass is 10.2. The van der Waals surface area contributed by atoms with E-state index in [1.54, 1.807) is 0 Å². The van der Waals surface area contributed by atoms with Gasteiger partial charge in [0.25, 0.3) is 0 Å². The largest absolute Gasteiger partial charge is 0.416 e. The maximum Gasteiger partial charge on any atom is 0.416 e. The highest BCUT2D eigenvalue weighted by atomic mass is 19.4. The minimum Gasteiger partial charge on any atom is -0.383 e. The fourth-order valence-electron chi connectivity index (χ4n) is 2.40. The van der Waals surface area contributed by atoms with E-state index in [4.69, 9.17) is 5.73 Å². The number of rotatable bonds is 1. The number of hydrogen-bond acceptors (Lipinski definition) is 2. The van der Waals surface area contributed by atoms with Crippen molar-refractivity contribution in [3.63, 3.8) is 0 Å². The molecular formula is C13H12F3N3. The lowest BCUT2D eigenvalue weighted by Gasteiger charge is -2.09. The van der Waals surface area contributed by atoms with Gasteiger partial charge in [-0.3, -0.25) is 0 Å². The molecule has 0 saturated carbocycles. The Labute approximate surface area is 107 Å². The molecule has 1 aromatic heterocycles. The third kappa shape index (κ3) is 1.97. The number of hydrogen-bond donors (Lipinski definition) is 1. The van der Waals surface area contributed by atoms with E-state index in [1.807, 2.05) is 0 Å². The van der Waals surface area contributed by atoms with E-state index in [0.717, 1.165) is 42.7 Å². The van der Waals surface area contributed by atoms with Gasteiger partial charge in [0, 0.05) is 5.56 Å². The Bertz CT molecular complexity index is 611. The van der Waals surface area contributed by atoms with Gasteiger partial charge in [-0.15, -0.1) is 0 Å². The fourth-order valence-corrected chi connectivity index (χ4v) is 2.40. The lowest BCUT2D eigenvalue weighted by molar-refractivity contribution is -0.137. The second-order valence-electron chi connectivity index (χ2n) is 4.62. The van der Waals surface area contributed by atoms with E-state index in [0.29, 0.717) is 11.5 Å². The van der Waals surface area contributed by atoms with Crippen molar-refractivity contribution >= 4 is 5.82 Å². The first-order chi connectivity index (χ1) is 8.97. The molecule has 0 saturated heterocycles. The maximum atomic E-state index is 12.5. The summed E-state index contributed by atoms with van der Waals surface area (Å²) >= 11 is 0. The van der Waals surface area contributed by atoms with Gasteiger partial charge >= 0.3 is 6.18 Å². The number of aryl methyl sites for hydroxylation is 1. The maximum absolute atomic E-state index is 12.5. The summed E-state index contributed by atoms with van der Waals surface area (Å²) in [6.45, 7) is 0. The Balaban J connectivity index is 1.99. The monoisotopic (exact) mass is 267 g/mol. The highest BCUT2D eigenvalue weighted by Gasteiger charge is 2.30. The van der Waals surface area contributed by atoms with Gasteiger partial charge < -0.3 is 5.73 Å². The Kier molecular flexibility index (Phi) is 2.55. The quantitative estimate of drug-likeness (QED) is 0.863. The SMILES string of the molecule is Nc1c2c(nn1-c1ccc(C(F)(F)F)cc1)CCC2. The number of aromatic nitrogens is 2. The molecule has 6 heteroatoms. The van der Waals surface area contributed by atoms with E-state index in [1.165, 1.54) is 16.8 Å². The molecule has 1 aliphatic carbocycles. The smallest absolute Gasteiger partial charge is 0.383 e. The molecule has 0 atom stereocenters. The third-order valence-corrected chi connectivity index (χ3v) is 3.39. The van der Waals surface area contributed by atoms with Crippen molar-refractivity contribution in [2.45, 2.75) is 25.4 Å². The molecule has 3 nitrogen and oxygen atoms in total. The minimum absolute atomic E-state index is 0.534. The van der Waals surface area contributed by atoms with Crippen molar-refractivity contribution < 1.29 is 13.2 Å². The summed E-state index contributed by atoms with van der Waals surface area (Å²) in [5.41, 5.74) is 7.86. The van der Waals surface area contributed by atoms with E-state index in [2.05, 4.69) is 5.10 Å². The van der Waals surface area contributed by atoms with Gasteiger partial charge in [-0.2, -0.15) is 18.3 Å². The van der Waals surface area contributed by atoms with Gasteiger partial charge in [-0.1, -0.05) is 0 Å².